The van der Waals surface area contributed by atoms with E-state index < -0.39 is 6.09 Å². The van der Waals surface area contributed by atoms with Gasteiger partial charge in [0.1, 0.15) is 11.6 Å². The van der Waals surface area contributed by atoms with Crippen LogP contribution in [0.15, 0.2) is 18.2 Å². The molecule has 0 unspecified atom stereocenters. The second-order valence-electron chi connectivity index (χ2n) is 3.55. The Morgan fingerprint density at radius 3 is 3.12 bits per heavy atom. The van der Waals surface area contributed by atoms with Crippen molar-refractivity contribution in [2.75, 3.05) is 13.7 Å². The van der Waals surface area contributed by atoms with Crippen molar-refractivity contribution in [3.8, 4) is 5.75 Å². The molecule has 0 spiro atoms. The molecule has 1 amide bonds. The number of hydrogen-bond donors (Lipinski definition) is 3. The lowest BCUT2D eigenvalue weighted by molar-refractivity contribution is 0.194. The van der Waals surface area contributed by atoms with Crippen molar-refractivity contribution in [2.24, 2.45) is 0 Å². The lowest BCUT2D eigenvalue weighted by Crippen LogP contribution is -2.23. The smallest absolute Gasteiger partial charge is 0.404 e. The fraction of sp³-hybridized carbons (Fsp3) is 0.273. The number of rotatable bonds is 4. The number of hydrogen-bond acceptors (Lipinski definition) is 3. The van der Waals surface area contributed by atoms with Crippen molar-refractivity contribution in [1.82, 2.24) is 15.3 Å². The molecule has 6 heteroatoms. The summed E-state index contributed by atoms with van der Waals surface area (Å²) >= 11 is 0. The highest BCUT2D eigenvalue weighted by atomic mass is 16.5. The van der Waals surface area contributed by atoms with E-state index in [1.807, 2.05) is 18.2 Å². The number of benzene rings is 1. The predicted octanol–water partition coefficient (Wildman–Crippen LogP) is 1.38. The Kier molecular flexibility index (Phi) is 3.13. The maximum atomic E-state index is 10.3. The van der Waals surface area contributed by atoms with Crippen LogP contribution in [0.1, 0.15) is 5.82 Å². The van der Waals surface area contributed by atoms with Crippen LogP contribution < -0.4 is 10.1 Å². The number of carboxylic acid groups (broad SMARTS) is 1. The van der Waals surface area contributed by atoms with Gasteiger partial charge in [0.2, 0.25) is 0 Å². The Morgan fingerprint density at radius 1 is 1.59 bits per heavy atom. The van der Waals surface area contributed by atoms with Crippen molar-refractivity contribution in [2.45, 2.75) is 6.42 Å². The molecule has 2 aromatic rings. The second-order valence-corrected chi connectivity index (χ2v) is 3.55. The molecule has 0 bridgehead atoms. The van der Waals surface area contributed by atoms with E-state index in [0.29, 0.717) is 13.0 Å². The summed E-state index contributed by atoms with van der Waals surface area (Å²) in [6.07, 6.45) is -0.494. The maximum absolute atomic E-state index is 10.3. The fourth-order valence-electron chi connectivity index (χ4n) is 1.57. The summed E-state index contributed by atoms with van der Waals surface area (Å²) in [6, 6.07) is 5.55. The van der Waals surface area contributed by atoms with Crippen molar-refractivity contribution in [1.29, 1.82) is 0 Å². The molecule has 0 saturated heterocycles. The Bertz CT molecular complexity index is 536. The predicted molar refractivity (Wildman–Crippen MR) is 62.4 cm³/mol. The van der Waals surface area contributed by atoms with Crippen LogP contribution in [0.25, 0.3) is 11.0 Å². The second kappa shape index (κ2) is 4.73. The van der Waals surface area contributed by atoms with Gasteiger partial charge in [0.05, 0.1) is 18.1 Å². The third kappa shape index (κ3) is 2.66. The highest BCUT2D eigenvalue weighted by molar-refractivity contribution is 5.76. The average molecular weight is 235 g/mol. The van der Waals surface area contributed by atoms with E-state index in [9.17, 15) is 4.79 Å². The molecule has 0 aliphatic carbocycles. The first kappa shape index (κ1) is 11.3. The first-order valence-corrected chi connectivity index (χ1v) is 5.18. The molecule has 0 saturated carbocycles. The molecule has 0 aliphatic heterocycles. The summed E-state index contributed by atoms with van der Waals surface area (Å²) in [4.78, 5) is 17.7. The van der Waals surface area contributed by atoms with Gasteiger partial charge in [0, 0.05) is 19.0 Å². The lowest BCUT2D eigenvalue weighted by atomic mass is 10.3. The molecular weight excluding hydrogens is 222 g/mol. The fourth-order valence-corrected chi connectivity index (χ4v) is 1.57. The number of imidazole rings is 1. The maximum Gasteiger partial charge on any atom is 0.404 e. The van der Waals surface area contributed by atoms with E-state index in [1.165, 1.54) is 0 Å². The summed E-state index contributed by atoms with van der Waals surface area (Å²) in [6.45, 7) is 0.340. The SMILES string of the molecule is COc1ccc2nc(CCNC(=O)O)[nH]c2c1. The largest absolute Gasteiger partial charge is 0.497 e. The molecule has 90 valence electrons. The number of nitrogens with zero attached hydrogens (tertiary/aromatic N) is 1. The topological polar surface area (TPSA) is 87.2 Å². The number of ether oxygens (including phenoxy) is 1. The van der Waals surface area contributed by atoms with E-state index >= 15 is 0 Å². The summed E-state index contributed by atoms with van der Waals surface area (Å²) in [5.41, 5.74) is 1.73. The minimum absolute atomic E-state index is 0.340. The van der Waals surface area contributed by atoms with E-state index in [4.69, 9.17) is 9.84 Å². The van der Waals surface area contributed by atoms with Gasteiger partial charge in [-0.1, -0.05) is 0 Å². The van der Waals surface area contributed by atoms with Gasteiger partial charge >= 0.3 is 6.09 Å². The molecule has 1 heterocycles. The minimum atomic E-state index is -1.03. The Labute approximate surface area is 97.6 Å². The van der Waals surface area contributed by atoms with E-state index in [0.717, 1.165) is 22.6 Å². The normalized spacial score (nSPS) is 10.4. The number of amides is 1. The van der Waals surface area contributed by atoms with Crippen LogP contribution in [0, 0.1) is 0 Å². The molecule has 1 aromatic heterocycles. The molecule has 0 fully saturated rings. The highest BCUT2D eigenvalue weighted by Gasteiger charge is 2.04. The quantitative estimate of drug-likeness (QED) is 0.747. The summed E-state index contributed by atoms with van der Waals surface area (Å²) in [5, 5.41) is 10.7. The zero-order valence-corrected chi connectivity index (χ0v) is 9.36. The van der Waals surface area contributed by atoms with Gasteiger partial charge in [-0.2, -0.15) is 0 Å². The Balaban J connectivity index is 2.11. The van der Waals surface area contributed by atoms with Gasteiger partial charge in [-0.05, 0) is 12.1 Å². The third-order valence-electron chi connectivity index (χ3n) is 2.38. The van der Waals surface area contributed by atoms with Crippen LogP contribution in [0.4, 0.5) is 4.79 Å². The summed E-state index contributed by atoms with van der Waals surface area (Å²) < 4.78 is 5.11. The molecular formula is C11H13N3O3. The Morgan fingerprint density at radius 2 is 2.41 bits per heavy atom. The summed E-state index contributed by atoms with van der Waals surface area (Å²) in [5.74, 6) is 1.51. The lowest BCUT2D eigenvalue weighted by Gasteiger charge is -1.97. The van der Waals surface area contributed by atoms with E-state index in [-0.39, 0.29) is 0 Å². The van der Waals surface area contributed by atoms with Crippen molar-refractivity contribution in [3.05, 3.63) is 24.0 Å². The molecule has 2 rings (SSSR count). The standard InChI is InChI=1S/C11H13N3O3/c1-17-7-2-3-8-9(6-7)14-10(13-8)4-5-12-11(15)16/h2-3,6,12H,4-5H2,1H3,(H,13,14)(H,15,16). The van der Waals surface area contributed by atoms with Crippen molar-refractivity contribution >= 4 is 17.1 Å². The van der Waals surface area contributed by atoms with Crippen molar-refractivity contribution in [3.63, 3.8) is 0 Å². The summed E-state index contributed by atoms with van der Waals surface area (Å²) in [7, 11) is 1.61. The van der Waals surface area contributed by atoms with Gasteiger partial charge in [0.25, 0.3) is 0 Å². The third-order valence-corrected chi connectivity index (χ3v) is 2.38. The first-order chi connectivity index (χ1) is 8.19. The van der Waals surface area contributed by atoms with E-state index in [2.05, 4.69) is 15.3 Å². The molecule has 1 aromatic carbocycles. The number of nitrogens with one attached hydrogen (secondary N) is 2. The number of aromatic amines is 1. The van der Waals surface area contributed by atoms with Crippen LogP contribution in [0.5, 0.6) is 5.75 Å². The zero-order chi connectivity index (χ0) is 12.3. The monoisotopic (exact) mass is 235 g/mol. The van der Waals surface area contributed by atoms with Crippen molar-refractivity contribution < 1.29 is 14.6 Å². The van der Waals surface area contributed by atoms with Crippen LogP contribution >= 0.6 is 0 Å². The zero-order valence-electron chi connectivity index (χ0n) is 9.36. The van der Waals surface area contributed by atoms with Gasteiger partial charge in [0.15, 0.2) is 0 Å². The van der Waals surface area contributed by atoms with Gasteiger partial charge in [-0.15, -0.1) is 0 Å². The number of carbonyl (C=O) groups is 1. The minimum Gasteiger partial charge on any atom is -0.497 e. The number of fused-ring (bicyclic) bond motifs is 1. The Hall–Kier alpha value is -2.24. The molecule has 0 aliphatic rings. The number of H-pyrrole nitrogens is 1. The number of methoxy groups -OCH3 is 1. The van der Waals surface area contributed by atoms with Crippen LogP contribution in [0.2, 0.25) is 0 Å². The molecule has 17 heavy (non-hydrogen) atoms. The number of aromatic nitrogens is 2. The van der Waals surface area contributed by atoms with Gasteiger partial charge < -0.3 is 20.1 Å². The molecule has 0 radical (unpaired) electrons. The molecule has 0 atom stereocenters. The van der Waals surface area contributed by atoms with E-state index in [1.54, 1.807) is 7.11 Å². The first-order valence-electron chi connectivity index (χ1n) is 5.18. The molecule has 6 nitrogen and oxygen atoms in total. The van der Waals surface area contributed by atoms with Crippen LogP contribution in [-0.2, 0) is 6.42 Å². The van der Waals surface area contributed by atoms with Crippen LogP contribution in [0.3, 0.4) is 0 Å². The van der Waals surface area contributed by atoms with Gasteiger partial charge in [-0.3, -0.25) is 0 Å². The average Bonchev–Trinajstić information content (AvgIpc) is 2.69. The van der Waals surface area contributed by atoms with Crippen LogP contribution in [-0.4, -0.2) is 34.8 Å². The van der Waals surface area contributed by atoms with Gasteiger partial charge in [-0.25, -0.2) is 9.78 Å². The highest BCUT2D eigenvalue weighted by Crippen LogP contribution is 2.18. The molecule has 3 N–H and O–H groups in total.